The maximum Gasteiger partial charge on any atom is 0.253 e. The third-order valence-corrected chi connectivity index (χ3v) is 10.9. The van der Waals surface area contributed by atoms with E-state index in [2.05, 4.69) is 10.3 Å². The first-order valence-electron chi connectivity index (χ1n) is 12.9. The Hall–Kier alpha value is -2.35. The summed E-state index contributed by atoms with van der Waals surface area (Å²) in [5.41, 5.74) is 0.757. The van der Waals surface area contributed by atoms with Crippen LogP contribution < -0.4 is 10.2 Å². The van der Waals surface area contributed by atoms with E-state index >= 15 is 0 Å². The Morgan fingerprint density at radius 3 is 2.72 bits per heavy atom. The number of sulfonamides is 1. The van der Waals surface area contributed by atoms with E-state index in [1.165, 1.54) is 4.31 Å². The molecule has 210 valence electrons. The van der Waals surface area contributed by atoms with Gasteiger partial charge < -0.3 is 19.9 Å². The summed E-state index contributed by atoms with van der Waals surface area (Å²) in [6.07, 6.45) is 3.47. The number of nitrogens with zero attached hydrogens (tertiary/aromatic N) is 5. The standard InChI is InChI=1S/C26H33ClN6O4S2/c1-31(2)26-29-11-8-21(30-26)25(17-6-9-28-10-7-17)33-20(16-37-3)14-32(15-23(33)34)39(35,36)24-12-18-4-5-19(27)13-22(18)38-24/h4-5,8,11-13,17,20,25,28H,6-7,9-10,14-16H2,1-3H3. The predicted octanol–water partition coefficient (Wildman–Crippen LogP) is 3.00. The summed E-state index contributed by atoms with van der Waals surface area (Å²) in [7, 11) is 1.41. The van der Waals surface area contributed by atoms with Gasteiger partial charge in [0.15, 0.2) is 0 Å². The van der Waals surface area contributed by atoms with Crippen LogP contribution in [0.5, 0.6) is 0 Å². The number of piperidine rings is 1. The van der Waals surface area contributed by atoms with Gasteiger partial charge in [-0.15, -0.1) is 11.3 Å². The Bertz CT molecular complexity index is 1440. The van der Waals surface area contributed by atoms with Gasteiger partial charge in [0.2, 0.25) is 11.9 Å². The fourth-order valence-electron chi connectivity index (χ4n) is 5.46. The number of benzene rings is 1. The summed E-state index contributed by atoms with van der Waals surface area (Å²) >= 11 is 7.28. The van der Waals surface area contributed by atoms with Crippen LogP contribution in [0, 0.1) is 5.92 Å². The van der Waals surface area contributed by atoms with Crippen molar-refractivity contribution in [1.29, 1.82) is 0 Å². The van der Waals surface area contributed by atoms with Gasteiger partial charge in [0, 0.05) is 43.7 Å². The van der Waals surface area contributed by atoms with E-state index in [-0.39, 0.29) is 41.8 Å². The predicted molar refractivity (Wildman–Crippen MR) is 153 cm³/mol. The Balaban J connectivity index is 1.50. The SMILES string of the molecule is COCC1CN(S(=O)(=O)c2cc3ccc(Cl)cc3s2)CC(=O)N1C(c1ccnc(N(C)C)n1)C1CCNCC1. The number of carbonyl (C=O) groups excluding carboxylic acids is 1. The summed E-state index contributed by atoms with van der Waals surface area (Å²) < 4.78 is 35.3. The lowest BCUT2D eigenvalue weighted by Gasteiger charge is -2.47. The van der Waals surface area contributed by atoms with Gasteiger partial charge in [-0.1, -0.05) is 17.7 Å². The van der Waals surface area contributed by atoms with E-state index < -0.39 is 16.1 Å². The quantitative estimate of drug-likeness (QED) is 0.425. The zero-order chi connectivity index (χ0) is 27.7. The lowest BCUT2D eigenvalue weighted by atomic mass is 9.85. The molecule has 10 nitrogen and oxygen atoms in total. The van der Waals surface area contributed by atoms with Gasteiger partial charge in [0.05, 0.1) is 30.9 Å². The van der Waals surface area contributed by atoms with Gasteiger partial charge in [-0.2, -0.15) is 4.31 Å². The first-order valence-corrected chi connectivity index (χ1v) is 15.5. The normalized spacial score (nSPS) is 20.5. The molecule has 2 saturated heterocycles. The van der Waals surface area contributed by atoms with Gasteiger partial charge >= 0.3 is 0 Å². The molecule has 1 aromatic carbocycles. The highest BCUT2D eigenvalue weighted by molar-refractivity contribution is 7.91. The number of halogens is 1. The number of rotatable bonds is 8. The number of hydrogen-bond acceptors (Lipinski definition) is 9. The molecule has 3 aromatic rings. The monoisotopic (exact) mass is 592 g/mol. The Morgan fingerprint density at radius 2 is 2.00 bits per heavy atom. The minimum Gasteiger partial charge on any atom is -0.382 e. The first kappa shape index (κ1) is 28.2. The molecule has 1 amide bonds. The van der Waals surface area contributed by atoms with E-state index in [1.54, 1.807) is 37.6 Å². The number of carbonyl (C=O) groups is 1. The minimum atomic E-state index is -3.91. The fraction of sp³-hybridized carbons (Fsp3) is 0.500. The summed E-state index contributed by atoms with van der Waals surface area (Å²) in [6, 6.07) is 8.00. The van der Waals surface area contributed by atoms with Crippen molar-refractivity contribution in [1.82, 2.24) is 24.5 Å². The van der Waals surface area contributed by atoms with Gasteiger partial charge in [-0.25, -0.2) is 18.4 Å². The molecule has 0 saturated carbocycles. The summed E-state index contributed by atoms with van der Waals surface area (Å²) in [4.78, 5) is 26.8. The molecule has 0 aliphatic carbocycles. The number of hydrogen-bond donors (Lipinski definition) is 1. The van der Waals surface area contributed by atoms with E-state index in [9.17, 15) is 13.2 Å². The smallest absolute Gasteiger partial charge is 0.253 e. The van der Waals surface area contributed by atoms with Crippen molar-refractivity contribution in [3.8, 4) is 0 Å². The molecular weight excluding hydrogens is 560 g/mol. The van der Waals surface area contributed by atoms with Crippen LogP contribution in [0.15, 0.2) is 40.7 Å². The third kappa shape index (κ3) is 5.77. The van der Waals surface area contributed by atoms with Crippen LogP contribution in [0.3, 0.4) is 0 Å². The number of thiophene rings is 1. The number of fused-ring (bicyclic) bond motifs is 1. The van der Waals surface area contributed by atoms with Crippen molar-refractivity contribution in [2.24, 2.45) is 5.92 Å². The van der Waals surface area contributed by atoms with Crippen molar-refractivity contribution < 1.29 is 17.9 Å². The Labute approximate surface area is 238 Å². The van der Waals surface area contributed by atoms with Crippen LogP contribution in [-0.2, 0) is 19.6 Å². The van der Waals surface area contributed by atoms with Gasteiger partial charge in [-0.3, -0.25) is 4.79 Å². The zero-order valence-corrected chi connectivity index (χ0v) is 24.6. The lowest BCUT2D eigenvalue weighted by Crippen LogP contribution is -2.61. The molecule has 2 fully saturated rings. The molecule has 0 spiro atoms. The van der Waals surface area contributed by atoms with Crippen LogP contribution in [0.25, 0.3) is 10.1 Å². The van der Waals surface area contributed by atoms with E-state index in [0.29, 0.717) is 11.0 Å². The van der Waals surface area contributed by atoms with Crippen molar-refractivity contribution in [3.63, 3.8) is 0 Å². The van der Waals surface area contributed by atoms with Gasteiger partial charge in [0.25, 0.3) is 10.0 Å². The Morgan fingerprint density at radius 1 is 1.23 bits per heavy atom. The summed E-state index contributed by atoms with van der Waals surface area (Å²) in [6.45, 7) is 1.78. The van der Waals surface area contributed by atoms with Crippen molar-refractivity contribution in [2.75, 3.05) is 58.9 Å². The Kier molecular flexibility index (Phi) is 8.41. The van der Waals surface area contributed by atoms with E-state index in [4.69, 9.17) is 21.3 Å². The maximum absolute atomic E-state index is 13.9. The lowest BCUT2D eigenvalue weighted by molar-refractivity contribution is -0.145. The molecule has 4 heterocycles. The molecule has 5 rings (SSSR count). The van der Waals surface area contributed by atoms with Crippen LogP contribution in [0.1, 0.15) is 24.6 Å². The van der Waals surface area contributed by atoms with Crippen molar-refractivity contribution in [3.05, 3.63) is 47.2 Å². The average molecular weight is 593 g/mol. The second-order valence-corrected chi connectivity index (χ2v) is 13.8. The van der Waals surface area contributed by atoms with Gasteiger partial charge in [0.1, 0.15) is 4.21 Å². The highest BCUT2D eigenvalue weighted by Crippen LogP contribution is 2.38. The molecule has 2 aliphatic heterocycles. The summed E-state index contributed by atoms with van der Waals surface area (Å²) in [5, 5.41) is 4.74. The number of ether oxygens (including phenoxy) is 1. The van der Waals surface area contributed by atoms with Crippen molar-refractivity contribution in [2.45, 2.75) is 29.1 Å². The van der Waals surface area contributed by atoms with Crippen LogP contribution >= 0.6 is 22.9 Å². The molecule has 1 N–H and O–H groups in total. The van der Waals surface area contributed by atoms with Crippen molar-refractivity contribution >= 4 is 54.9 Å². The summed E-state index contributed by atoms with van der Waals surface area (Å²) in [5.74, 6) is 0.466. The fourth-order valence-corrected chi connectivity index (χ4v) is 8.72. The molecule has 2 atom stereocenters. The number of nitrogens with one attached hydrogen (secondary N) is 1. The molecule has 2 aromatic heterocycles. The van der Waals surface area contributed by atoms with E-state index in [0.717, 1.165) is 53.0 Å². The second-order valence-electron chi connectivity index (χ2n) is 10.2. The molecule has 39 heavy (non-hydrogen) atoms. The molecule has 2 aliphatic rings. The molecule has 13 heteroatoms. The average Bonchev–Trinajstić information content (AvgIpc) is 3.35. The van der Waals surface area contributed by atoms with Crippen LogP contribution in [0.4, 0.5) is 5.95 Å². The highest BCUT2D eigenvalue weighted by Gasteiger charge is 2.45. The molecular formula is C26H33ClN6O4S2. The molecule has 0 bridgehead atoms. The number of methoxy groups -OCH3 is 1. The van der Waals surface area contributed by atoms with E-state index in [1.807, 2.05) is 30.0 Å². The number of amides is 1. The zero-order valence-electron chi connectivity index (χ0n) is 22.2. The first-order chi connectivity index (χ1) is 18.7. The third-order valence-electron chi connectivity index (χ3n) is 7.32. The second kappa shape index (κ2) is 11.6. The topological polar surface area (TPSA) is 108 Å². The molecule has 2 unspecified atom stereocenters. The molecule has 0 radical (unpaired) electrons. The van der Waals surface area contributed by atoms with Crippen LogP contribution in [0.2, 0.25) is 5.02 Å². The number of anilines is 1. The largest absolute Gasteiger partial charge is 0.382 e. The number of piperazine rings is 1. The number of aromatic nitrogens is 2. The van der Waals surface area contributed by atoms with Gasteiger partial charge in [-0.05, 0) is 61.5 Å². The minimum absolute atomic E-state index is 0.129. The van der Waals surface area contributed by atoms with Crippen LogP contribution in [-0.4, -0.2) is 93.5 Å². The highest BCUT2D eigenvalue weighted by atomic mass is 35.5. The maximum atomic E-state index is 13.9.